The van der Waals surface area contributed by atoms with E-state index in [0.29, 0.717) is 18.7 Å². The van der Waals surface area contributed by atoms with E-state index >= 15 is 0 Å². The van der Waals surface area contributed by atoms with Crippen LogP contribution in [0.1, 0.15) is 29.4 Å². The Balaban J connectivity index is 1.92. The maximum absolute atomic E-state index is 10.3. The number of nitrogens with zero attached hydrogens (tertiary/aromatic N) is 2. The van der Waals surface area contributed by atoms with E-state index in [2.05, 4.69) is 11.4 Å². The van der Waals surface area contributed by atoms with Crippen LogP contribution in [0.5, 0.6) is 0 Å². The molecular formula is C18H23N3O. The van der Waals surface area contributed by atoms with Crippen LogP contribution in [0.25, 0.3) is 0 Å². The summed E-state index contributed by atoms with van der Waals surface area (Å²) >= 11 is 0. The van der Waals surface area contributed by atoms with Crippen LogP contribution in [-0.2, 0) is 20.0 Å². The van der Waals surface area contributed by atoms with Gasteiger partial charge in [0.25, 0.3) is 0 Å². The minimum atomic E-state index is -0.443. The maximum atomic E-state index is 10.3. The van der Waals surface area contributed by atoms with Crippen LogP contribution in [0.3, 0.4) is 0 Å². The first-order valence-electron chi connectivity index (χ1n) is 7.53. The molecule has 0 amide bonds. The molecule has 2 atom stereocenters. The molecule has 2 unspecified atom stereocenters. The largest absolute Gasteiger partial charge is 0.391 e. The van der Waals surface area contributed by atoms with Crippen molar-refractivity contribution in [2.75, 3.05) is 0 Å². The van der Waals surface area contributed by atoms with Crippen LogP contribution in [0.2, 0.25) is 0 Å². The van der Waals surface area contributed by atoms with Gasteiger partial charge in [0.2, 0.25) is 0 Å². The van der Waals surface area contributed by atoms with Crippen molar-refractivity contribution in [1.82, 2.24) is 9.88 Å². The molecule has 2 N–H and O–H groups in total. The van der Waals surface area contributed by atoms with Crippen molar-refractivity contribution in [3.05, 3.63) is 58.9 Å². The fraction of sp³-hybridized carbons (Fsp3) is 0.389. The average Bonchev–Trinajstić information content (AvgIpc) is 2.81. The summed E-state index contributed by atoms with van der Waals surface area (Å²) < 4.78 is 1.89. The summed E-state index contributed by atoms with van der Waals surface area (Å²) in [5.74, 6) is 0. The second-order valence-corrected chi connectivity index (χ2v) is 5.74. The average molecular weight is 297 g/mol. The van der Waals surface area contributed by atoms with Crippen LogP contribution in [-0.4, -0.2) is 21.8 Å². The maximum Gasteiger partial charge on any atom is 0.120 e. The zero-order valence-electron chi connectivity index (χ0n) is 13.4. The SMILES string of the molecule is Cc1c(CNC(C)C(O)Cc2ccccc2)cc(C#N)n1C. The van der Waals surface area contributed by atoms with Crippen molar-refractivity contribution >= 4 is 0 Å². The standard InChI is InChI=1S/C18H23N3O/c1-13(18(22)9-15-7-5-4-6-8-15)20-12-16-10-17(11-19)21(3)14(16)2/h4-8,10,13,18,20,22H,9,12H2,1-3H3. The highest BCUT2D eigenvalue weighted by Gasteiger charge is 2.15. The van der Waals surface area contributed by atoms with Crippen molar-refractivity contribution in [2.45, 2.75) is 39.0 Å². The van der Waals surface area contributed by atoms with Crippen LogP contribution in [0.4, 0.5) is 0 Å². The van der Waals surface area contributed by atoms with Gasteiger partial charge in [-0.2, -0.15) is 5.26 Å². The van der Waals surface area contributed by atoms with Gasteiger partial charge in [-0.15, -0.1) is 0 Å². The highest BCUT2D eigenvalue weighted by atomic mass is 16.3. The summed E-state index contributed by atoms with van der Waals surface area (Å²) in [5, 5.41) is 22.7. The van der Waals surface area contributed by atoms with Crippen molar-refractivity contribution < 1.29 is 5.11 Å². The molecule has 2 aromatic rings. The molecule has 2 rings (SSSR count). The molecule has 0 saturated carbocycles. The normalized spacial score (nSPS) is 13.6. The van der Waals surface area contributed by atoms with Gasteiger partial charge in [-0.1, -0.05) is 30.3 Å². The minimum Gasteiger partial charge on any atom is -0.391 e. The Labute approximate surface area is 132 Å². The molecule has 116 valence electrons. The summed E-state index contributed by atoms with van der Waals surface area (Å²) in [6.07, 6.45) is 0.188. The number of rotatable bonds is 6. The van der Waals surface area contributed by atoms with Gasteiger partial charge in [0, 0.05) is 25.3 Å². The lowest BCUT2D eigenvalue weighted by Crippen LogP contribution is -2.38. The molecule has 0 aliphatic carbocycles. The number of aliphatic hydroxyl groups excluding tert-OH is 1. The third-order valence-electron chi connectivity index (χ3n) is 4.23. The number of aromatic nitrogens is 1. The molecule has 0 aliphatic rings. The first-order chi connectivity index (χ1) is 10.5. The molecule has 4 nitrogen and oxygen atoms in total. The Morgan fingerprint density at radius 3 is 2.59 bits per heavy atom. The van der Waals surface area contributed by atoms with E-state index in [4.69, 9.17) is 5.26 Å². The monoisotopic (exact) mass is 297 g/mol. The van der Waals surface area contributed by atoms with Crippen molar-refractivity contribution in [2.24, 2.45) is 7.05 Å². The van der Waals surface area contributed by atoms with E-state index in [0.717, 1.165) is 16.8 Å². The Morgan fingerprint density at radius 2 is 2.00 bits per heavy atom. The number of hydrogen-bond acceptors (Lipinski definition) is 3. The van der Waals surface area contributed by atoms with Gasteiger partial charge in [-0.25, -0.2) is 0 Å². The molecule has 0 saturated heterocycles. The Hall–Kier alpha value is -2.09. The lowest BCUT2D eigenvalue weighted by Gasteiger charge is -2.20. The first kappa shape index (κ1) is 16.3. The van der Waals surface area contributed by atoms with Crippen molar-refractivity contribution in [1.29, 1.82) is 5.26 Å². The fourth-order valence-electron chi connectivity index (χ4n) is 2.49. The zero-order chi connectivity index (χ0) is 16.1. The highest BCUT2D eigenvalue weighted by Crippen LogP contribution is 2.14. The van der Waals surface area contributed by atoms with E-state index < -0.39 is 6.10 Å². The Morgan fingerprint density at radius 1 is 1.32 bits per heavy atom. The summed E-state index contributed by atoms with van der Waals surface area (Å²) in [6.45, 7) is 4.63. The van der Waals surface area contributed by atoms with E-state index in [-0.39, 0.29) is 6.04 Å². The molecule has 1 aromatic carbocycles. The summed E-state index contributed by atoms with van der Waals surface area (Å²) in [6, 6.07) is 14.1. The van der Waals surface area contributed by atoms with Crippen LogP contribution in [0.15, 0.2) is 36.4 Å². The predicted molar refractivity (Wildman–Crippen MR) is 87.3 cm³/mol. The summed E-state index contributed by atoms with van der Waals surface area (Å²) in [7, 11) is 1.89. The minimum absolute atomic E-state index is 0.0228. The zero-order valence-corrected chi connectivity index (χ0v) is 13.4. The molecule has 0 radical (unpaired) electrons. The van der Waals surface area contributed by atoms with Crippen molar-refractivity contribution in [3.8, 4) is 6.07 Å². The van der Waals surface area contributed by atoms with E-state index in [1.54, 1.807) is 0 Å². The Bertz CT molecular complexity index is 655. The molecule has 4 heteroatoms. The van der Waals surface area contributed by atoms with Crippen LogP contribution < -0.4 is 5.32 Å². The van der Waals surface area contributed by atoms with Gasteiger partial charge in [0.1, 0.15) is 11.8 Å². The number of hydrogen-bond donors (Lipinski definition) is 2. The number of aliphatic hydroxyl groups is 1. The molecule has 0 aliphatic heterocycles. The topological polar surface area (TPSA) is 61.0 Å². The van der Waals surface area contributed by atoms with Gasteiger partial charge in [0.05, 0.1) is 6.10 Å². The lowest BCUT2D eigenvalue weighted by atomic mass is 10.0. The molecule has 1 heterocycles. The number of nitriles is 1. The van der Waals surface area contributed by atoms with Crippen LogP contribution >= 0.6 is 0 Å². The second kappa shape index (κ2) is 7.26. The van der Waals surface area contributed by atoms with E-state index in [1.807, 2.05) is 61.9 Å². The predicted octanol–water partition coefficient (Wildman–Crippen LogP) is 2.29. The van der Waals surface area contributed by atoms with Gasteiger partial charge in [0.15, 0.2) is 0 Å². The quantitative estimate of drug-likeness (QED) is 0.860. The molecule has 22 heavy (non-hydrogen) atoms. The van der Waals surface area contributed by atoms with Crippen molar-refractivity contribution in [3.63, 3.8) is 0 Å². The number of benzene rings is 1. The fourth-order valence-corrected chi connectivity index (χ4v) is 2.49. The van der Waals surface area contributed by atoms with Gasteiger partial charge < -0.3 is 15.0 Å². The lowest BCUT2D eigenvalue weighted by molar-refractivity contribution is 0.134. The second-order valence-electron chi connectivity index (χ2n) is 5.74. The van der Waals surface area contributed by atoms with Gasteiger partial charge in [-0.3, -0.25) is 0 Å². The molecule has 0 fully saturated rings. The smallest absolute Gasteiger partial charge is 0.120 e. The molecule has 0 bridgehead atoms. The van der Waals surface area contributed by atoms with E-state index in [1.165, 1.54) is 0 Å². The highest BCUT2D eigenvalue weighted by molar-refractivity contribution is 5.34. The number of nitrogens with one attached hydrogen (secondary N) is 1. The summed E-state index contributed by atoms with van der Waals surface area (Å²) in [4.78, 5) is 0. The van der Waals surface area contributed by atoms with Gasteiger partial charge >= 0.3 is 0 Å². The molecule has 1 aromatic heterocycles. The molecular weight excluding hydrogens is 274 g/mol. The van der Waals surface area contributed by atoms with E-state index in [9.17, 15) is 5.11 Å². The Kier molecular flexibility index (Phi) is 5.37. The first-order valence-corrected chi connectivity index (χ1v) is 7.53. The van der Waals surface area contributed by atoms with Gasteiger partial charge in [-0.05, 0) is 37.5 Å². The van der Waals surface area contributed by atoms with Crippen LogP contribution in [0, 0.1) is 18.3 Å². The third kappa shape index (κ3) is 3.76. The molecule has 0 spiro atoms. The summed E-state index contributed by atoms with van der Waals surface area (Å²) in [5.41, 5.74) is 3.96. The third-order valence-corrected chi connectivity index (χ3v) is 4.23.